The van der Waals surface area contributed by atoms with Crippen molar-refractivity contribution in [2.24, 2.45) is 10.2 Å². The molecule has 1 aliphatic heterocycles. The summed E-state index contributed by atoms with van der Waals surface area (Å²) < 4.78 is 10.8. The Morgan fingerprint density at radius 3 is 2.08 bits per heavy atom. The molecule has 0 N–H and O–H groups in total. The third-order valence-corrected chi connectivity index (χ3v) is 2.00. The molecule has 1 heterocycles. The van der Waals surface area contributed by atoms with Gasteiger partial charge in [0.2, 0.25) is 0 Å². The molecule has 0 radical (unpaired) electrons. The van der Waals surface area contributed by atoms with Gasteiger partial charge in [0.1, 0.15) is 0 Å². The van der Waals surface area contributed by atoms with Crippen LogP contribution < -0.4 is 0 Å². The van der Waals surface area contributed by atoms with Gasteiger partial charge in [-0.25, -0.2) is 0 Å². The monoisotopic (exact) mass is 186 g/mol. The predicted molar refractivity (Wildman–Crippen MR) is 49.5 cm³/mol. The second-order valence-corrected chi connectivity index (χ2v) is 3.30. The normalized spacial score (nSPS) is 18.2. The van der Waals surface area contributed by atoms with Crippen LogP contribution >= 0.6 is 0 Å². The highest BCUT2D eigenvalue weighted by Crippen LogP contribution is 2.32. The highest BCUT2D eigenvalue weighted by atomic mass is 16.7. The topological polar surface area (TPSA) is 43.2 Å². The Bertz CT molecular complexity index is 170. The molecule has 4 heteroatoms. The molecular formula is C9H18N2O2. The first-order chi connectivity index (χ1) is 6.20. The number of nitrogens with zero attached hydrogens (tertiary/aromatic N) is 2. The van der Waals surface area contributed by atoms with Crippen molar-refractivity contribution in [1.82, 2.24) is 0 Å². The quantitative estimate of drug-likeness (QED) is 0.573. The molecule has 0 aromatic rings. The molecule has 13 heavy (non-hydrogen) atoms. The second-order valence-electron chi connectivity index (χ2n) is 3.30. The minimum Gasteiger partial charge on any atom is -0.353 e. The van der Waals surface area contributed by atoms with Crippen LogP contribution in [0.5, 0.6) is 0 Å². The first kappa shape index (κ1) is 10.6. The van der Waals surface area contributed by atoms with Crippen LogP contribution in [0.15, 0.2) is 10.2 Å². The summed E-state index contributed by atoms with van der Waals surface area (Å²) in [5.74, 6) is 0. The molecule has 76 valence electrons. The zero-order valence-corrected chi connectivity index (χ0v) is 8.62. The Morgan fingerprint density at radius 1 is 1.15 bits per heavy atom. The average molecular weight is 186 g/mol. The van der Waals surface area contributed by atoms with E-state index in [1.807, 2.05) is 20.8 Å². The lowest BCUT2D eigenvalue weighted by Crippen LogP contribution is -2.20. The Hall–Kier alpha value is -0.480. The minimum absolute atomic E-state index is 0.0853. The third-order valence-electron chi connectivity index (χ3n) is 2.00. The molecule has 1 rings (SSSR count). The van der Waals surface area contributed by atoms with Gasteiger partial charge < -0.3 is 9.47 Å². The molecule has 4 nitrogen and oxygen atoms in total. The van der Waals surface area contributed by atoms with E-state index in [1.165, 1.54) is 0 Å². The van der Waals surface area contributed by atoms with Crippen molar-refractivity contribution < 1.29 is 9.47 Å². The Morgan fingerprint density at radius 2 is 1.69 bits per heavy atom. The van der Waals surface area contributed by atoms with Gasteiger partial charge in [-0.3, -0.25) is 0 Å². The highest BCUT2D eigenvalue weighted by molar-refractivity contribution is 4.87. The number of hydrogen-bond acceptors (Lipinski definition) is 4. The van der Waals surface area contributed by atoms with Crippen molar-refractivity contribution in [2.45, 2.75) is 45.6 Å². The molecule has 0 saturated heterocycles. The molecule has 0 atom stereocenters. The van der Waals surface area contributed by atoms with Crippen molar-refractivity contribution in [1.29, 1.82) is 0 Å². The van der Waals surface area contributed by atoms with E-state index in [0.717, 1.165) is 12.8 Å². The molecular weight excluding hydrogens is 168 g/mol. The molecule has 0 aromatic carbocycles. The zero-order chi connectivity index (χ0) is 9.73. The van der Waals surface area contributed by atoms with Crippen LogP contribution in [0.1, 0.15) is 33.6 Å². The largest absolute Gasteiger partial charge is 0.353 e. The summed E-state index contributed by atoms with van der Waals surface area (Å²) in [6.45, 7) is 7.34. The van der Waals surface area contributed by atoms with Crippen LogP contribution in [0.4, 0.5) is 0 Å². The first-order valence-electron chi connectivity index (χ1n) is 4.87. The van der Waals surface area contributed by atoms with Gasteiger partial charge in [-0.05, 0) is 20.8 Å². The fourth-order valence-electron chi connectivity index (χ4n) is 1.16. The summed E-state index contributed by atoms with van der Waals surface area (Å²) in [7, 11) is 0. The molecule has 0 amide bonds. The third kappa shape index (κ3) is 3.83. The molecule has 1 aliphatic rings. The van der Waals surface area contributed by atoms with Gasteiger partial charge in [0.15, 0.2) is 12.0 Å². The number of ether oxygens (including phenoxy) is 2. The number of hydrogen-bond donors (Lipinski definition) is 0. The van der Waals surface area contributed by atoms with Gasteiger partial charge in [-0.2, -0.15) is 10.2 Å². The van der Waals surface area contributed by atoms with E-state index >= 15 is 0 Å². The average Bonchev–Trinajstić information content (AvgIpc) is 2.82. The van der Waals surface area contributed by atoms with E-state index in [-0.39, 0.29) is 12.0 Å². The van der Waals surface area contributed by atoms with Crippen LogP contribution in [0, 0.1) is 0 Å². The maximum absolute atomic E-state index is 5.40. The molecule has 0 bridgehead atoms. The fourth-order valence-corrected chi connectivity index (χ4v) is 1.16. The molecule has 0 spiro atoms. The van der Waals surface area contributed by atoms with Gasteiger partial charge in [0.25, 0.3) is 0 Å². The Kier molecular flexibility index (Phi) is 3.81. The lowest BCUT2D eigenvalue weighted by atomic mass is 10.1. The van der Waals surface area contributed by atoms with Crippen molar-refractivity contribution in [2.75, 3.05) is 13.2 Å². The molecule has 0 fully saturated rings. The second kappa shape index (κ2) is 4.67. The van der Waals surface area contributed by atoms with Crippen LogP contribution in [-0.4, -0.2) is 25.2 Å². The van der Waals surface area contributed by atoms with Crippen molar-refractivity contribution in [3.05, 3.63) is 0 Å². The fraction of sp³-hybridized carbons (Fsp3) is 1.00. The van der Waals surface area contributed by atoms with E-state index < -0.39 is 0 Å². The van der Waals surface area contributed by atoms with Gasteiger partial charge in [0, 0.05) is 26.1 Å². The van der Waals surface area contributed by atoms with E-state index in [4.69, 9.17) is 9.47 Å². The first-order valence-corrected chi connectivity index (χ1v) is 4.87. The Balaban J connectivity index is 2.13. The summed E-state index contributed by atoms with van der Waals surface area (Å²) in [5, 5.41) is 7.88. The predicted octanol–water partition coefficient (Wildman–Crippen LogP) is 2.35. The summed E-state index contributed by atoms with van der Waals surface area (Å²) in [6, 6.07) is 0. The summed E-state index contributed by atoms with van der Waals surface area (Å²) in [4.78, 5) is 0. The van der Waals surface area contributed by atoms with Crippen LogP contribution in [0.25, 0.3) is 0 Å². The SMILES string of the molecule is CCOC(CCC1(C)N=N1)OCC. The van der Waals surface area contributed by atoms with Crippen molar-refractivity contribution in [3.63, 3.8) is 0 Å². The number of rotatable bonds is 7. The zero-order valence-electron chi connectivity index (χ0n) is 8.62. The van der Waals surface area contributed by atoms with Gasteiger partial charge in [-0.15, -0.1) is 0 Å². The minimum atomic E-state index is -0.132. The lowest BCUT2D eigenvalue weighted by Gasteiger charge is -2.17. The molecule has 0 aliphatic carbocycles. The lowest BCUT2D eigenvalue weighted by molar-refractivity contribution is -0.140. The molecule has 0 saturated carbocycles. The van der Waals surface area contributed by atoms with Gasteiger partial charge >= 0.3 is 0 Å². The molecule has 0 unspecified atom stereocenters. The van der Waals surface area contributed by atoms with Crippen LogP contribution in [0.2, 0.25) is 0 Å². The van der Waals surface area contributed by atoms with Crippen molar-refractivity contribution in [3.8, 4) is 0 Å². The van der Waals surface area contributed by atoms with Gasteiger partial charge in [0.05, 0.1) is 0 Å². The molecule has 0 aromatic heterocycles. The van der Waals surface area contributed by atoms with Crippen LogP contribution in [0.3, 0.4) is 0 Å². The van der Waals surface area contributed by atoms with E-state index in [1.54, 1.807) is 0 Å². The van der Waals surface area contributed by atoms with E-state index in [9.17, 15) is 0 Å². The Labute approximate surface area is 79.3 Å². The van der Waals surface area contributed by atoms with Gasteiger partial charge in [-0.1, -0.05) is 0 Å². The standard InChI is InChI=1S/C9H18N2O2/c1-4-12-8(13-5-2)6-7-9(3)10-11-9/h8H,4-7H2,1-3H3. The summed E-state index contributed by atoms with van der Waals surface area (Å²) in [6.07, 6.45) is 1.70. The van der Waals surface area contributed by atoms with E-state index in [2.05, 4.69) is 10.2 Å². The smallest absolute Gasteiger partial charge is 0.188 e. The van der Waals surface area contributed by atoms with Crippen LogP contribution in [-0.2, 0) is 9.47 Å². The van der Waals surface area contributed by atoms with Crippen molar-refractivity contribution >= 4 is 0 Å². The maximum Gasteiger partial charge on any atom is 0.188 e. The van der Waals surface area contributed by atoms with E-state index in [0.29, 0.717) is 13.2 Å². The summed E-state index contributed by atoms with van der Waals surface area (Å²) >= 11 is 0. The maximum atomic E-state index is 5.40. The highest BCUT2D eigenvalue weighted by Gasteiger charge is 2.34. The summed E-state index contributed by atoms with van der Waals surface area (Å²) in [5.41, 5.74) is -0.132.